The maximum Gasteiger partial charge on any atom is 0.158 e. The summed E-state index contributed by atoms with van der Waals surface area (Å²) in [6.07, 6.45) is 3.69. The molecule has 0 aliphatic heterocycles. The second-order valence-electron chi connectivity index (χ2n) is 2.60. The molecule has 0 aromatic carbocycles. The summed E-state index contributed by atoms with van der Waals surface area (Å²) in [4.78, 5) is 4.20. The number of hydrogen-bond donors (Lipinski definition) is 0. The first kappa shape index (κ1) is 9.71. The van der Waals surface area contributed by atoms with Crippen LogP contribution in [0.5, 0.6) is 0 Å². The number of aryl methyl sites for hydroxylation is 2. The molecule has 2 heterocycles. The van der Waals surface area contributed by atoms with Gasteiger partial charge in [-0.15, -0.1) is 0 Å². The van der Waals surface area contributed by atoms with Gasteiger partial charge < -0.3 is 0 Å². The van der Waals surface area contributed by atoms with E-state index in [1.807, 2.05) is 40.0 Å². The molecule has 0 radical (unpaired) electrons. The van der Waals surface area contributed by atoms with E-state index in [0.29, 0.717) is 0 Å². The van der Waals surface area contributed by atoms with Gasteiger partial charge in [0.15, 0.2) is 5.65 Å². The zero-order valence-electron chi connectivity index (χ0n) is 8.57. The van der Waals surface area contributed by atoms with E-state index in [1.54, 1.807) is 10.7 Å². The summed E-state index contributed by atoms with van der Waals surface area (Å²) < 4.78 is 1.80. The molecule has 0 aliphatic carbocycles. The molecule has 0 fully saturated rings. The highest BCUT2D eigenvalue weighted by molar-refractivity contribution is 5.47. The van der Waals surface area contributed by atoms with Crippen LogP contribution in [0.4, 0.5) is 0 Å². The lowest BCUT2D eigenvalue weighted by molar-refractivity contribution is 0.917. The van der Waals surface area contributed by atoms with Crippen LogP contribution in [-0.4, -0.2) is 14.6 Å². The number of nitrogens with zero attached hydrogens (tertiary/aromatic N) is 3. The summed E-state index contributed by atoms with van der Waals surface area (Å²) in [5.41, 5.74) is 3.15. The molecule has 2 rings (SSSR count). The van der Waals surface area contributed by atoms with Crippen molar-refractivity contribution in [2.75, 3.05) is 0 Å². The first-order chi connectivity index (χ1) is 6.29. The highest BCUT2D eigenvalue weighted by Crippen LogP contribution is 2.09. The van der Waals surface area contributed by atoms with Crippen LogP contribution in [0.15, 0.2) is 18.5 Å². The molecule has 0 spiro atoms. The maximum absolute atomic E-state index is 4.27. The van der Waals surface area contributed by atoms with Gasteiger partial charge in [0.05, 0.1) is 5.69 Å². The quantitative estimate of drug-likeness (QED) is 0.618. The smallest absolute Gasteiger partial charge is 0.158 e. The lowest BCUT2D eigenvalue weighted by Gasteiger charge is -1.88. The molecule has 2 aromatic heterocycles. The van der Waals surface area contributed by atoms with E-state index in [-0.39, 0.29) is 0 Å². The fourth-order valence-electron chi connectivity index (χ4n) is 1.11. The first-order valence-corrected chi connectivity index (χ1v) is 4.55. The third kappa shape index (κ3) is 1.69. The van der Waals surface area contributed by atoms with E-state index in [4.69, 9.17) is 0 Å². The summed E-state index contributed by atoms with van der Waals surface area (Å²) in [5, 5.41) is 4.27. The Morgan fingerprint density at radius 2 is 1.92 bits per heavy atom. The van der Waals surface area contributed by atoms with E-state index in [0.717, 1.165) is 16.9 Å². The Bertz CT molecular complexity index is 390. The van der Waals surface area contributed by atoms with Gasteiger partial charge in [0.1, 0.15) is 0 Å². The van der Waals surface area contributed by atoms with Crippen molar-refractivity contribution < 1.29 is 0 Å². The minimum atomic E-state index is 0.949. The fraction of sp³-hybridized carbons (Fsp3) is 0.400. The van der Waals surface area contributed by atoms with Gasteiger partial charge >= 0.3 is 0 Å². The lowest BCUT2D eigenvalue weighted by atomic mass is 10.3. The summed E-state index contributed by atoms with van der Waals surface area (Å²) in [5.74, 6) is 0. The van der Waals surface area contributed by atoms with Gasteiger partial charge in [-0.2, -0.15) is 5.10 Å². The molecule has 0 N–H and O–H groups in total. The molecule has 0 amide bonds. The third-order valence-corrected chi connectivity index (χ3v) is 1.86. The maximum atomic E-state index is 4.27. The van der Waals surface area contributed by atoms with E-state index in [1.165, 1.54) is 0 Å². The van der Waals surface area contributed by atoms with Crippen LogP contribution in [0.2, 0.25) is 0 Å². The van der Waals surface area contributed by atoms with Gasteiger partial charge in [-0.1, -0.05) is 13.8 Å². The molecule has 0 saturated heterocycles. The normalized spacial score (nSPS) is 9.54. The second-order valence-corrected chi connectivity index (χ2v) is 2.60. The fourth-order valence-corrected chi connectivity index (χ4v) is 1.11. The van der Waals surface area contributed by atoms with Crippen molar-refractivity contribution in [1.82, 2.24) is 14.6 Å². The molecular formula is C10H15N3. The molecule has 0 aliphatic rings. The molecular weight excluding hydrogens is 162 g/mol. The predicted molar refractivity (Wildman–Crippen MR) is 53.8 cm³/mol. The minimum Gasteiger partial charge on any atom is -0.237 e. The number of aromatic nitrogens is 3. The summed E-state index contributed by atoms with van der Waals surface area (Å²) in [6.45, 7) is 8.02. The van der Waals surface area contributed by atoms with Crippen molar-refractivity contribution in [1.29, 1.82) is 0 Å². The Labute approximate surface area is 78.4 Å². The van der Waals surface area contributed by atoms with Crippen LogP contribution in [-0.2, 0) is 0 Å². The number of hydrogen-bond acceptors (Lipinski definition) is 2. The minimum absolute atomic E-state index is 0.949. The SMILES string of the molecule is CC.Cc1nn2cccnc2c1C. The van der Waals surface area contributed by atoms with Crippen molar-refractivity contribution in [3.63, 3.8) is 0 Å². The van der Waals surface area contributed by atoms with Gasteiger partial charge in [-0.25, -0.2) is 9.50 Å². The number of fused-ring (bicyclic) bond motifs is 1. The highest BCUT2D eigenvalue weighted by Gasteiger charge is 2.02. The van der Waals surface area contributed by atoms with Crippen LogP contribution in [0, 0.1) is 13.8 Å². The van der Waals surface area contributed by atoms with Crippen LogP contribution < -0.4 is 0 Å². The van der Waals surface area contributed by atoms with Crippen LogP contribution in [0.3, 0.4) is 0 Å². The van der Waals surface area contributed by atoms with Crippen molar-refractivity contribution >= 4 is 5.65 Å². The lowest BCUT2D eigenvalue weighted by Crippen LogP contribution is -1.86. The van der Waals surface area contributed by atoms with Crippen molar-refractivity contribution in [2.45, 2.75) is 27.7 Å². The van der Waals surface area contributed by atoms with E-state index in [9.17, 15) is 0 Å². The Balaban J connectivity index is 0.000000396. The Morgan fingerprint density at radius 1 is 1.23 bits per heavy atom. The summed E-state index contributed by atoms with van der Waals surface area (Å²) >= 11 is 0. The molecule has 2 aromatic rings. The van der Waals surface area contributed by atoms with Crippen molar-refractivity contribution in [3.05, 3.63) is 29.7 Å². The second kappa shape index (κ2) is 4.03. The van der Waals surface area contributed by atoms with Gasteiger partial charge in [0.2, 0.25) is 0 Å². The average Bonchev–Trinajstić information content (AvgIpc) is 2.47. The molecule has 70 valence electrons. The molecule has 0 unspecified atom stereocenters. The van der Waals surface area contributed by atoms with Crippen molar-refractivity contribution in [2.24, 2.45) is 0 Å². The highest BCUT2D eigenvalue weighted by atomic mass is 15.2. The molecule has 0 atom stereocenters. The molecule has 0 saturated carbocycles. The molecule has 0 bridgehead atoms. The third-order valence-electron chi connectivity index (χ3n) is 1.86. The zero-order valence-corrected chi connectivity index (χ0v) is 8.57. The summed E-state index contributed by atoms with van der Waals surface area (Å²) in [6, 6.07) is 1.87. The molecule has 3 heteroatoms. The monoisotopic (exact) mass is 177 g/mol. The molecule has 13 heavy (non-hydrogen) atoms. The first-order valence-electron chi connectivity index (χ1n) is 4.55. The Kier molecular flexibility index (Phi) is 3.01. The van der Waals surface area contributed by atoms with E-state index < -0.39 is 0 Å². The van der Waals surface area contributed by atoms with E-state index >= 15 is 0 Å². The Morgan fingerprint density at radius 3 is 2.54 bits per heavy atom. The van der Waals surface area contributed by atoms with Crippen molar-refractivity contribution in [3.8, 4) is 0 Å². The van der Waals surface area contributed by atoms with Crippen LogP contribution >= 0.6 is 0 Å². The van der Waals surface area contributed by atoms with Gasteiger partial charge in [0, 0.05) is 18.0 Å². The zero-order chi connectivity index (χ0) is 9.84. The van der Waals surface area contributed by atoms with Crippen LogP contribution in [0.1, 0.15) is 25.1 Å². The standard InChI is InChI=1S/C8H9N3.C2H6/c1-6-7(2)10-11-5-3-4-9-8(6)11;1-2/h3-5H,1-2H3;1-2H3. The predicted octanol–water partition coefficient (Wildman–Crippen LogP) is 2.37. The average molecular weight is 177 g/mol. The number of rotatable bonds is 0. The van der Waals surface area contributed by atoms with Gasteiger partial charge in [-0.3, -0.25) is 0 Å². The van der Waals surface area contributed by atoms with E-state index in [2.05, 4.69) is 10.1 Å². The largest absolute Gasteiger partial charge is 0.237 e. The van der Waals surface area contributed by atoms with Gasteiger partial charge in [-0.05, 0) is 19.9 Å². The topological polar surface area (TPSA) is 30.2 Å². The molecule has 3 nitrogen and oxygen atoms in total. The van der Waals surface area contributed by atoms with Gasteiger partial charge in [0.25, 0.3) is 0 Å². The van der Waals surface area contributed by atoms with Crippen LogP contribution in [0.25, 0.3) is 5.65 Å². The Hall–Kier alpha value is -1.38. The summed E-state index contributed by atoms with van der Waals surface area (Å²) in [7, 11) is 0.